The molecule has 0 radical (unpaired) electrons. The molecule has 0 saturated carbocycles. The van der Waals surface area contributed by atoms with Gasteiger partial charge in [0.25, 0.3) is 0 Å². The number of fused-ring (bicyclic) bond motifs is 1. The number of ether oxygens (including phenoxy) is 2. The fourth-order valence-electron chi connectivity index (χ4n) is 3.47. The maximum atomic E-state index is 13.4. The van der Waals surface area contributed by atoms with Crippen LogP contribution in [0.4, 0.5) is 10.5 Å². The number of rotatable bonds is 5. The van der Waals surface area contributed by atoms with E-state index in [0.717, 1.165) is 17.7 Å². The number of benzene rings is 1. The Balaban J connectivity index is 1.55. The third kappa shape index (κ3) is 4.41. The van der Waals surface area contributed by atoms with E-state index in [1.807, 2.05) is 44.2 Å². The van der Waals surface area contributed by atoms with Crippen molar-refractivity contribution in [2.45, 2.75) is 33.3 Å². The first kappa shape index (κ1) is 22.0. The van der Waals surface area contributed by atoms with E-state index in [1.54, 1.807) is 32.4 Å². The van der Waals surface area contributed by atoms with Crippen molar-refractivity contribution in [2.24, 2.45) is 5.41 Å². The van der Waals surface area contributed by atoms with Gasteiger partial charge in [-0.25, -0.2) is 17.7 Å². The van der Waals surface area contributed by atoms with Crippen molar-refractivity contribution in [3.8, 4) is 0 Å². The first-order valence-electron chi connectivity index (χ1n) is 9.89. The van der Waals surface area contributed by atoms with Crippen LogP contribution in [0.5, 0.6) is 0 Å². The van der Waals surface area contributed by atoms with Crippen LogP contribution < -0.4 is 4.08 Å². The van der Waals surface area contributed by atoms with Crippen LogP contribution in [-0.4, -0.2) is 30.2 Å². The third-order valence-corrected chi connectivity index (χ3v) is 8.29. The van der Waals surface area contributed by atoms with Crippen LogP contribution in [-0.2, 0) is 23.1 Å². The molecule has 2 atom stereocenters. The molecule has 1 aromatic carbocycles. The van der Waals surface area contributed by atoms with Gasteiger partial charge in [0.05, 0.1) is 36.8 Å². The van der Waals surface area contributed by atoms with Gasteiger partial charge < -0.3 is 9.47 Å². The SMILES string of the molecule is CC1COP(=O)(N(SN(C)C(=O)OC2=C3OC=CC=C3CC2(C)C)c2ccccc2)O1. The highest BCUT2D eigenvalue weighted by Crippen LogP contribution is 2.62. The number of hydrogen-bond acceptors (Lipinski definition) is 7. The molecule has 2 unspecified atom stereocenters. The zero-order chi connectivity index (χ0) is 22.2. The number of amides is 1. The Bertz CT molecular complexity index is 1010. The van der Waals surface area contributed by atoms with E-state index in [0.29, 0.717) is 23.6 Å². The number of carbonyl (C=O) groups excluding carboxylic acids is 1. The Hall–Kier alpha value is -2.19. The molecule has 166 valence electrons. The lowest BCUT2D eigenvalue weighted by atomic mass is 9.90. The number of para-hydroxylation sites is 1. The van der Waals surface area contributed by atoms with E-state index >= 15 is 0 Å². The predicted octanol–water partition coefficient (Wildman–Crippen LogP) is 5.78. The van der Waals surface area contributed by atoms with Gasteiger partial charge in [0, 0.05) is 12.5 Å². The highest BCUT2D eigenvalue weighted by Gasteiger charge is 2.45. The lowest BCUT2D eigenvalue weighted by Gasteiger charge is -2.30. The van der Waals surface area contributed by atoms with Gasteiger partial charge in [-0.15, -0.1) is 0 Å². The topological polar surface area (TPSA) is 77.5 Å². The summed E-state index contributed by atoms with van der Waals surface area (Å²) >= 11 is 0.904. The zero-order valence-corrected chi connectivity index (χ0v) is 19.5. The van der Waals surface area contributed by atoms with Crippen molar-refractivity contribution < 1.29 is 27.9 Å². The standard InChI is InChI=1S/C21H25N2O6PS/c1-15-14-27-30(25,29-15)23(17-10-6-5-7-11-17)31-22(4)20(24)28-19-18-16(9-8-12-26-18)13-21(19,2)3/h5-12,15H,13-14H2,1-4H3. The Morgan fingerprint density at radius 1 is 1.29 bits per heavy atom. The van der Waals surface area contributed by atoms with E-state index in [9.17, 15) is 9.36 Å². The highest BCUT2D eigenvalue weighted by molar-refractivity contribution is 8.04. The van der Waals surface area contributed by atoms with Crippen molar-refractivity contribution in [3.05, 3.63) is 65.8 Å². The van der Waals surface area contributed by atoms with Gasteiger partial charge in [-0.2, -0.15) is 0 Å². The van der Waals surface area contributed by atoms with E-state index in [-0.39, 0.29) is 12.7 Å². The maximum absolute atomic E-state index is 13.4. The molecule has 2 aliphatic heterocycles. The Morgan fingerprint density at radius 2 is 2.03 bits per heavy atom. The molecule has 31 heavy (non-hydrogen) atoms. The van der Waals surface area contributed by atoms with Crippen LogP contribution in [0.2, 0.25) is 0 Å². The zero-order valence-electron chi connectivity index (χ0n) is 17.8. The predicted molar refractivity (Wildman–Crippen MR) is 119 cm³/mol. The molecule has 1 aliphatic carbocycles. The summed E-state index contributed by atoms with van der Waals surface area (Å²) in [6.45, 7) is 5.98. The average molecular weight is 464 g/mol. The second-order valence-corrected chi connectivity index (χ2v) is 11.2. The Labute approximate surface area is 186 Å². The monoisotopic (exact) mass is 464 g/mol. The van der Waals surface area contributed by atoms with Gasteiger partial charge in [-0.05, 0) is 37.1 Å². The van der Waals surface area contributed by atoms with Crippen LogP contribution in [0, 0.1) is 5.41 Å². The molecule has 0 aromatic heterocycles. The van der Waals surface area contributed by atoms with Crippen molar-refractivity contribution in [1.29, 1.82) is 0 Å². The molecule has 3 aliphatic rings. The summed E-state index contributed by atoms with van der Waals surface area (Å²) < 4.78 is 38.5. The number of nitrogens with zero attached hydrogens (tertiary/aromatic N) is 2. The van der Waals surface area contributed by atoms with Crippen LogP contribution >= 0.6 is 19.9 Å². The second-order valence-electron chi connectivity index (χ2n) is 8.09. The third-order valence-electron chi connectivity index (χ3n) is 4.94. The molecule has 10 heteroatoms. The molecule has 1 fully saturated rings. The molecule has 8 nitrogen and oxygen atoms in total. The molecule has 1 amide bonds. The van der Waals surface area contributed by atoms with E-state index in [2.05, 4.69) is 0 Å². The first-order valence-corrected chi connectivity index (χ1v) is 12.1. The van der Waals surface area contributed by atoms with E-state index < -0.39 is 19.3 Å². The maximum Gasteiger partial charge on any atom is 0.447 e. The second kappa shape index (κ2) is 8.39. The number of hydrogen-bond donors (Lipinski definition) is 0. The van der Waals surface area contributed by atoms with Crippen LogP contribution in [0.3, 0.4) is 0 Å². The largest absolute Gasteiger partial charge is 0.461 e. The average Bonchev–Trinajstić information content (AvgIpc) is 3.22. The summed E-state index contributed by atoms with van der Waals surface area (Å²) in [5.41, 5.74) is 1.18. The Morgan fingerprint density at radius 3 is 2.71 bits per heavy atom. The summed E-state index contributed by atoms with van der Waals surface area (Å²) in [7, 11) is -2.10. The highest BCUT2D eigenvalue weighted by atomic mass is 32.2. The van der Waals surface area contributed by atoms with Crippen LogP contribution in [0.1, 0.15) is 27.2 Å². The summed E-state index contributed by atoms with van der Waals surface area (Å²) in [6.07, 6.45) is 5.10. The van der Waals surface area contributed by atoms with Gasteiger partial charge >= 0.3 is 13.8 Å². The number of anilines is 1. The van der Waals surface area contributed by atoms with Gasteiger partial charge in [-0.1, -0.05) is 38.1 Å². The first-order chi connectivity index (χ1) is 14.7. The molecular formula is C21H25N2O6PS. The molecular weight excluding hydrogens is 439 g/mol. The summed E-state index contributed by atoms with van der Waals surface area (Å²) in [6, 6.07) is 9.00. The van der Waals surface area contributed by atoms with Gasteiger partial charge in [0.2, 0.25) is 0 Å². The fourth-order valence-corrected chi connectivity index (χ4v) is 6.55. The van der Waals surface area contributed by atoms with E-state index in [4.69, 9.17) is 18.5 Å². The molecule has 4 rings (SSSR count). The molecule has 0 N–H and O–H groups in total. The quantitative estimate of drug-likeness (QED) is 0.401. The summed E-state index contributed by atoms with van der Waals surface area (Å²) in [4.78, 5) is 13.0. The molecule has 1 aromatic rings. The molecule has 0 spiro atoms. The Kier molecular flexibility index (Phi) is 5.96. The van der Waals surface area contributed by atoms with Gasteiger partial charge in [0.15, 0.2) is 11.5 Å². The summed E-state index contributed by atoms with van der Waals surface area (Å²) in [5, 5.41) is 0. The minimum atomic E-state index is -3.64. The normalized spacial score (nSPS) is 26.2. The van der Waals surface area contributed by atoms with Crippen molar-refractivity contribution in [3.63, 3.8) is 0 Å². The minimum Gasteiger partial charge on any atom is -0.461 e. The molecule has 0 bridgehead atoms. The lowest BCUT2D eigenvalue weighted by Crippen LogP contribution is -2.28. The van der Waals surface area contributed by atoms with Gasteiger partial charge in [0.1, 0.15) is 0 Å². The number of carbonyl (C=O) groups is 1. The molecule has 2 heterocycles. The van der Waals surface area contributed by atoms with Gasteiger partial charge in [-0.3, -0.25) is 9.05 Å². The van der Waals surface area contributed by atoms with Crippen molar-refractivity contribution >= 4 is 31.7 Å². The summed E-state index contributed by atoms with van der Waals surface area (Å²) in [5.74, 6) is 1.05. The van der Waals surface area contributed by atoms with Crippen molar-refractivity contribution in [1.82, 2.24) is 4.31 Å². The van der Waals surface area contributed by atoms with Crippen LogP contribution in [0.15, 0.2) is 65.8 Å². The minimum absolute atomic E-state index is 0.208. The van der Waals surface area contributed by atoms with E-state index in [1.165, 1.54) is 8.38 Å². The van der Waals surface area contributed by atoms with Crippen molar-refractivity contribution in [2.75, 3.05) is 17.7 Å². The number of allylic oxidation sites excluding steroid dienone is 4. The lowest BCUT2D eigenvalue weighted by molar-refractivity contribution is 0.134. The smallest absolute Gasteiger partial charge is 0.447 e. The van der Waals surface area contributed by atoms with Crippen LogP contribution in [0.25, 0.3) is 0 Å². The fraction of sp³-hybridized carbons (Fsp3) is 0.381. The molecule has 1 saturated heterocycles.